The van der Waals surface area contributed by atoms with Crippen molar-refractivity contribution < 1.29 is 9.84 Å². The molecule has 0 amide bonds. The Morgan fingerprint density at radius 3 is 2.75 bits per heavy atom. The van der Waals surface area contributed by atoms with E-state index in [1.165, 1.54) is 7.11 Å². The number of hydrogen-bond donors (Lipinski definition) is 2. The number of aliphatic hydroxyl groups is 1. The summed E-state index contributed by atoms with van der Waals surface area (Å²) < 4.78 is 4.87. The van der Waals surface area contributed by atoms with Crippen molar-refractivity contribution in [3.63, 3.8) is 0 Å². The summed E-state index contributed by atoms with van der Waals surface area (Å²) in [5.41, 5.74) is 0. The second kappa shape index (κ2) is 6.44. The molecule has 1 unspecified atom stereocenters. The first-order valence-corrected chi connectivity index (χ1v) is 5.40. The van der Waals surface area contributed by atoms with Crippen LogP contribution < -0.4 is 10.1 Å². The molecule has 1 rings (SSSR count). The van der Waals surface area contributed by atoms with E-state index in [1.54, 1.807) is 0 Å². The summed E-state index contributed by atoms with van der Waals surface area (Å²) in [5.74, 6) is 0.358. The Morgan fingerprint density at radius 2 is 2.19 bits per heavy atom. The molecule has 1 aromatic heterocycles. The first-order chi connectivity index (χ1) is 7.69. The van der Waals surface area contributed by atoms with Crippen LogP contribution in [0.25, 0.3) is 0 Å². The third-order valence-corrected chi connectivity index (χ3v) is 2.24. The fourth-order valence-electron chi connectivity index (χ4n) is 1.20. The van der Waals surface area contributed by atoms with Crippen molar-refractivity contribution in [1.29, 1.82) is 0 Å². The summed E-state index contributed by atoms with van der Waals surface area (Å²) in [6, 6.07) is 0.273. The molecule has 7 heteroatoms. The standard InChI is InChI=1S/C9H15ClN4O2/c1-3-6(4-5-15)11-8-12-7(10)13-9(14-8)16-2/h6,15H,3-5H2,1-2H3,(H,11,12,13,14). The van der Waals surface area contributed by atoms with Gasteiger partial charge in [0.25, 0.3) is 0 Å². The van der Waals surface area contributed by atoms with Crippen LogP contribution in [0.5, 0.6) is 6.01 Å². The minimum atomic E-state index is 0.0770. The number of aromatic nitrogens is 3. The van der Waals surface area contributed by atoms with Crippen molar-refractivity contribution in [1.82, 2.24) is 15.0 Å². The SMILES string of the molecule is CCC(CCO)Nc1nc(Cl)nc(OC)n1. The highest BCUT2D eigenvalue weighted by Gasteiger charge is 2.10. The van der Waals surface area contributed by atoms with Gasteiger partial charge in [-0.25, -0.2) is 0 Å². The average molecular weight is 247 g/mol. The first kappa shape index (κ1) is 12.9. The van der Waals surface area contributed by atoms with Gasteiger partial charge < -0.3 is 15.2 Å². The van der Waals surface area contributed by atoms with Gasteiger partial charge in [-0.15, -0.1) is 0 Å². The van der Waals surface area contributed by atoms with E-state index in [0.717, 1.165) is 6.42 Å². The summed E-state index contributed by atoms with van der Waals surface area (Å²) in [7, 11) is 1.46. The molecule has 1 aromatic rings. The summed E-state index contributed by atoms with van der Waals surface area (Å²) in [6.45, 7) is 2.12. The van der Waals surface area contributed by atoms with Crippen LogP contribution in [-0.2, 0) is 0 Å². The third kappa shape index (κ3) is 3.79. The van der Waals surface area contributed by atoms with Crippen LogP contribution >= 0.6 is 11.6 Å². The summed E-state index contributed by atoms with van der Waals surface area (Å²) in [4.78, 5) is 11.7. The molecule has 1 atom stereocenters. The summed E-state index contributed by atoms with van der Waals surface area (Å²) in [5, 5.41) is 12.0. The molecule has 6 nitrogen and oxygen atoms in total. The highest BCUT2D eigenvalue weighted by molar-refractivity contribution is 6.28. The Morgan fingerprint density at radius 1 is 1.44 bits per heavy atom. The normalized spacial score (nSPS) is 12.2. The zero-order valence-corrected chi connectivity index (χ0v) is 10.0. The van der Waals surface area contributed by atoms with Crippen LogP contribution in [0.3, 0.4) is 0 Å². The molecule has 0 aliphatic rings. The van der Waals surface area contributed by atoms with Crippen molar-refractivity contribution in [3.05, 3.63) is 5.28 Å². The molecule has 16 heavy (non-hydrogen) atoms. The van der Waals surface area contributed by atoms with Gasteiger partial charge in [-0.1, -0.05) is 6.92 Å². The lowest BCUT2D eigenvalue weighted by molar-refractivity contribution is 0.278. The molecule has 0 saturated carbocycles. The molecule has 0 spiro atoms. The van der Waals surface area contributed by atoms with Crippen molar-refractivity contribution in [2.75, 3.05) is 19.0 Å². The van der Waals surface area contributed by atoms with Gasteiger partial charge in [-0.2, -0.15) is 15.0 Å². The van der Waals surface area contributed by atoms with E-state index >= 15 is 0 Å². The smallest absolute Gasteiger partial charge is 0.322 e. The molecular formula is C9H15ClN4O2. The number of nitrogens with zero attached hydrogens (tertiary/aromatic N) is 3. The lowest BCUT2D eigenvalue weighted by Crippen LogP contribution is -2.21. The van der Waals surface area contributed by atoms with Gasteiger partial charge in [0.1, 0.15) is 0 Å². The molecule has 0 aliphatic carbocycles. The van der Waals surface area contributed by atoms with Gasteiger partial charge >= 0.3 is 6.01 Å². The highest BCUT2D eigenvalue weighted by atomic mass is 35.5. The van der Waals surface area contributed by atoms with Gasteiger partial charge in [0.05, 0.1) is 7.11 Å². The number of methoxy groups -OCH3 is 1. The van der Waals surface area contributed by atoms with Crippen LogP contribution in [0.2, 0.25) is 5.28 Å². The predicted octanol–water partition coefficient (Wildman–Crippen LogP) is 1.11. The van der Waals surface area contributed by atoms with Crippen molar-refractivity contribution in [2.45, 2.75) is 25.8 Å². The minimum absolute atomic E-state index is 0.0770. The molecule has 90 valence electrons. The monoisotopic (exact) mass is 246 g/mol. The Bertz CT molecular complexity index is 337. The van der Waals surface area contributed by atoms with Crippen LogP contribution in [0.1, 0.15) is 19.8 Å². The fourth-order valence-corrected chi connectivity index (χ4v) is 1.36. The molecule has 0 radical (unpaired) electrons. The highest BCUT2D eigenvalue weighted by Crippen LogP contribution is 2.13. The fraction of sp³-hybridized carbons (Fsp3) is 0.667. The average Bonchev–Trinajstić information content (AvgIpc) is 2.27. The number of anilines is 1. The second-order valence-corrected chi connectivity index (χ2v) is 3.51. The Kier molecular flexibility index (Phi) is 5.21. The van der Waals surface area contributed by atoms with Gasteiger partial charge in [0.15, 0.2) is 0 Å². The van der Waals surface area contributed by atoms with E-state index < -0.39 is 0 Å². The largest absolute Gasteiger partial charge is 0.467 e. The number of ether oxygens (including phenoxy) is 1. The van der Waals surface area contributed by atoms with Crippen molar-refractivity contribution in [2.24, 2.45) is 0 Å². The van der Waals surface area contributed by atoms with Gasteiger partial charge in [-0.3, -0.25) is 0 Å². The number of nitrogens with one attached hydrogen (secondary N) is 1. The number of halogens is 1. The maximum atomic E-state index is 8.86. The second-order valence-electron chi connectivity index (χ2n) is 3.18. The Labute approximate surface area is 99.0 Å². The van der Waals surface area contributed by atoms with E-state index in [9.17, 15) is 0 Å². The van der Waals surface area contributed by atoms with E-state index in [-0.39, 0.29) is 23.9 Å². The van der Waals surface area contributed by atoms with E-state index in [4.69, 9.17) is 21.4 Å². The topological polar surface area (TPSA) is 80.2 Å². The molecule has 2 N–H and O–H groups in total. The molecule has 0 bridgehead atoms. The number of hydrogen-bond acceptors (Lipinski definition) is 6. The number of aliphatic hydroxyl groups excluding tert-OH is 1. The van der Waals surface area contributed by atoms with Gasteiger partial charge in [0, 0.05) is 12.6 Å². The Hall–Kier alpha value is -1.14. The van der Waals surface area contributed by atoms with Crippen LogP contribution in [-0.4, -0.2) is 39.8 Å². The van der Waals surface area contributed by atoms with Crippen molar-refractivity contribution in [3.8, 4) is 6.01 Å². The number of rotatable bonds is 6. The zero-order valence-electron chi connectivity index (χ0n) is 9.27. The van der Waals surface area contributed by atoms with Gasteiger partial charge in [-0.05, 0) is 24.4 Å². The first-order valence-electron chi connectivity index (χ1n) is 5.02. The lowest BCUT2D eigenvalue weighted by atomic mass is 10.2. The molecule has 0 aliphatic heterocycles. The van der Waals surface area contributed by atoms with Crippen LogP contribution in [0, 0.1) is 0 Å². The van der Waals surface area contributed by atoms with Crippen LogP contribution in [0.4, 0.5) is 5.95 Å². The lowest BCUT2D eigenvalue weighted by Gasteiger charge is -2.15. The predicted molar refractivity (Wildman–Crippen MR) is 60.8 cm³/mol. The Balaban J connectivity index is 2.74. The summed E-state index contributed by atoms with van der Waals surface area (Å²) in [6.07, 6.45) is 1.48. The third-order valence-electron chi connectivity index (χ3n) is 2.07. The molecular weight excluding hydrogens is 232 g/mol. The zero-order chi connectivity index (χ0) is 12.0. The van der Waals surface area contributed by atoms with Crippen LogP contribution in [0.15, 0.2) is 0 Å². The quantitative estimate of drug-likeness (QED) is 0.783. The van der Waals surface area contributed by atoms with Gasteiger partial charge in [0.2, 0.25) is 11.2 Å². The molecule has 0 saturated heterocycles. The van der Waals surface area contributed by atoms with Crippen molar-refractivity contribution >= 4 is 17.5 Å². The molecule has 0 fully saturated rings. The maximum Gasteiger partial charge on any atom is 0.322 e. The summed E-state index contributed by atoms with van der Waals surface area (Å²) >= 11 is 5.70. The molecule has 0 aromatic carbocycles. The van der Waals surface area contributed by atoms with E-state index in [1.807, 2.05) is 6.92 Å². The minimum Gasteiger partial charge on any atom is -0.467 e. The molecule has 1 heterocycles. The van der Waals surface area contributed by atoms with E-state index in [0.29, 0.717) is 12.4 Å². The van der Waals surface area contributed by atoms with E-state index in [2.05, 4.69) is 20.3 Å². The maximum absolute atomic E-state index is 8.86.